The van der Waals surface area contributed by atoms with Crippen LogP contribution in [0.15, 0.2) is 29.3 Å². The lowest BCUT2D eigenvalue weighted by Gasteiger charge is -2.36. The number of rotatable bonds is 8. The molecule has 0 saturated carbocycles. The number of hydrogen-bond donors (Lipinski definition) is 4. The summed E-state index contributed by atoms with van der Waals surface area (Å²) in [5.41, 5.74) is 2.08. The first kappa shape index (κ1) is 27.1. The number of carbonyl (C=O) groups is 3. The predicted octanol–water partition coefficient (Wildman–Crippen LogP) is 2.74. The smallest absolute Gasteiger partial charge is 0.407 e. The van der Waals surface area contributed by atoms with Crippen molar-refractivity contribution in [1.29, 1.82) is 0 Å². The molecule has 3 amide bonds. The summed E-state index contributed by atoms with van der Waals surface area (Å²) in [5, 5.41) is 17.7. The maximum atomic E-state index is 12.6. The zero-order valence-corrected chi connectivity index (χ0v) is 21.2. The summed E-state index contributed by atoms with van der Waals surface area (Å²) in [6.45, 7) is 6.88. The molecule has 2 aliphatic rings. The number of amides is 3. The summed E-state index contributed by atoms with van der Waals surface area (Å²) in [6, 6.07) is 6.57. The highest BCUT2D eigenvalue weighted by atomic mass is 16.5. The highest BCUT2D eigenvalue weighted by Gasteiger charge is 2.25. The molecule has 0 bridgehead atoms. The number of ether oxygens (including phenoxy) is 1. The SMILES string of the molecule is CC(C)COC(=O)N[C@@H](CNC(=O)N1CCN(c2cccc(NC3=NCCCCC3)c2)CC1)C(=O)O. The number of urea groups is 1. The Morgan fingerprint density at radius 2 is 1.89 bits per heavy atom. The minimum atomic E-state index is -1.27. The van der Waals surface area contributed by atoms with Crippen LogP contribution < -0.4 is 20.9 Å². The average Bonchev–Trinajstić information content (AvgIpc) is 3.14. The number of benzene rings is 1. The Balaban J connectivity index is 1.46. The van der Waals surface area contributed by atoms with Crippen molar-refractivity contribution in [2.24, 2.45) is 10.9 Å². The van der Waals surface area contributed by atoms with Crippen molar-refractivity contribution in [1.82, 2.24) is 15.5 Å². The van der Waals surface area contributed by atoms with Crippen molar-refractivity contribution in [2.75, 3.05) is 56.1 Å². The number of hydrogen-bond acceptors (Lipinski definition) is 7. The zero-order chi connectivity index (χ0) is 25.9. The summed E-state index contributed by atoms with van der Waals surface area (Å²) in [6.07, 6.45) is 3.66. The molecule has 1 fully saturated rings. The Kier molecular flexibility index (Phi) is 10.2. The topological polar surface area (TPSA) is 136 Å². The number of alkyl carbamates (subject to hydrolysis) is 1. The maximum absolute atomic E-state index is 12.6. The van der Waals surface area contributed by atoms with E-state index < -0.39 is 18.1 Å². The van der Waals surface area contributed by atoms with E-state index in [1.807, 2.05) is 26.0 Å². The Morgan fingerprint density at radius 3 is 2.61 bits per heavy atom. The number of piperazine rings is 1. The highest BCUT2D eigenvalue weighted by Crippen LogP contribution is 2.22. The molecule has 2 aliphatic heterocycles. The van der Waals surface area contributed by atoms with Crippen LogP contribution in [-0.2, 0) is 9.53 Å². The number of aliphatic imine (C=N–C) groups is 1. The molecule has 0 radical (unpaired) electrons. The van der Waals surface area contributed by atoms with Crippen LogP contribution in [0.1, 0.15) is 39.5 Å². The minimum absolute atomic E-state index is 0.131. The van der Waals surface area contributed by atoms with Gasteiger partial charge in [0, 0.05) is 50.5 Å². The number of anilines is 2. The molecular weight excluding hydrogens is 464 g/mol. The molecule has 4 N–H and O–H groups in total. The van der Waals surface area contributed by atoms with Crippen molar-refractivity contribution < 1.29 is 24.2 Å². The molecule has 11 nitrogen and oxygen atoms in total. The van der Waals surface area contributed by atoms with Crippen LogP contribution in [0, 0.1) is 5.92 Å². The fourth-order valence-electron chi connectivity index (χ4n) is 4.02. The molecular formula is C25H38N6O5. The Morgan fingerprint density at radius 1 is 1.11 bits per heavy atom. The largest absolute Gasteiger partial charge is 0.480 e. The number of nitrogens with one attached hydrogen (secondary N) is 3. The van der Waals surface area contributed by atoms with Crippen LogP contribution in [0.5, 0.6) is 0 Å². The molecule has 2 heterocycles. The third-order valence-electron chi connectivity index (χ3n) is 6.04. The van der Waals surface area contributed by atoms with Crippen LogP contribution in [-0.4, -0.2) is 85.9 Å². The molecule has 198 valence electrons. The van der Waals surface area contributed by atoms with Gasteiger partial charge in [-0.2, -0.15) is 0 Å². The second-order valence-electron chi connectivity index (χ2n) is 9.50. The van der Waals surface area contributed by atoms with E-state index in [9.17, 15) is 19.5 Å². The number of carbonyl (C=O) groups excluding carboxylic acids is 2. The van der Waals surface area contributed by atoms with Gasteiger partial charge in [0.15, 0.2) is 0 Å². The highest BCUT2D eigenvalue weighted by molar-refractivity contribution is 5.96. The first-order valence-corrected chi connectivity index (χ1v) is 12.7. The van der Waals surface area contributed by atoms with Gasteiger partial charge < -0.3 is 35.6 Å². The van der Waals surface area contributed by atoms with Crippen LogP contribution >= 0.6 is 0 Å². The maximum Gasteiger partial charge on any atom is 0.407 e. The first-order chi connectivity index (χ1) is 17.3. The third kappa shape index (κ3) is 8.62. The first-order valence-electron chi connectivity index (χ1n) is 12.7. The summed E-state index contributed by atoms with van der Waals surface area (Å²) in [4.78, 5) is 44.4. The quantitative estimate of drug-likeness (QED) is 0.429. The van der Waals surface area contributed by atoms with Crippen LogP contribution in [0.3, 0.4) is 0 Å². The Bertz CT molecular complexity index is 929. The fourth-order valence-corrected chi connectivity index (χ4v) is 4.02. The molecule has 1 atom stereocenters. The number of aliphatic carboxylic acids is 1. The third-order valence-corrected chi connectivity index (χ3v) is 6.04. The number of nitrogens with zero attached hydrogens (tertiary/aromatic N) is 3. The van der Waals surface area contributed by atoms with Gasteiger partial charge >= 0.3 is 18.1 Å². The van der Waals surface area contributed by atoms with Gasteiger partial charge in [-0.05, 0) is 37.0 Å². The van der Waals surface area contributed by atoms with E-state index in [0.29, 0.717) is 26.2 Å². The van der Waals surface area contributed by atoms with Crippen LogP contribution in [0.25, 0.3) is 0 Å². The van der Waals surface area contributed by atoms with Gasteiger partial charge in [0.1, 0.15) is 11.9 Å². The summed E-state index contributed by atoms with van der Waals surface area (Å²) in [5.74, 6) is -0.0783. The molecule has 0 aliphatic carbocycles. The summed E-state index contributed by atoms with van der Waals surface area (Å²) >= 11 is 0. The Hall–Kier alpha value is -3.50. The lowest BCUT2D eigenvalue weighted by atomic mass is 10.2. The molecule has 1 saturated heterocycles. The molecule has 1 aromatic rings. The molecule has 0 aromatic heterocycles. The molecule has 0 spiro atoms. The molecule has 11 heteroatoms. The van der Waals surface area contributed by atoms with Crippen LogP contribution in [0.4, 0.5) is 21.0 Å². The normalized spacial score (nSPS) is 17.0. The predicted molar refractivity (Wildman–Crippen MR) is 139 cm³/mol. The van der Waals surface area contributed by atoms with Gasteiger partial charge in [-0.3, -0.25) is 4.99 Å². The fraction of sp³-hybridized carbons (Fsp3) is 0.600. The number of carboxylic acid groups (broad SMARTS) is 1. The van der Waals surface area contributed by atoms with Crippen LogP contribution in [0.2, 0.25) is 0 Å². The number of carboxylic acids is 1. The summed E-state index contributed by atoms with van der Waals surface area (Å²) < 4.78 is 4.96. The van der Waals surface area contributed by atoms with E-state index >= 15 is 0 Å². The molecule has 1 aromatic carbocycles. The van der Waals surface area contributed by atoms with E-state index in [2.05, 4.69) is 38.0 Å². The van der Waals surface area contributed by atoms with E-state index in [1.54, 1.807) is 4.90 Å². The molecule has 36 heavy (non-hydrogen) atoms. The lowest BCUT2D eigenvalue weighted by molar-refractivity contribution is -0.139. The minimum Gasteiger partial charge on any atom is -0.480 e. The van der Waals surface area contributed by atoms with E-state index in [0.717, 1.165) is 43.0 Å². The standard InChI is InChI=1S/C25H38N6O5/c1-18(2)17-36-25(35)29-21(23(32)33)16-27-24(34)31-13-11-30(12-14-31)20-8-6-7-19(15-20)28-22-9-4-3-5-10-26-22/h6-8,15,18,21H,3-5,9-14,16-17H2,1-2H3,(H,26,28)(H,27,34)(H,29,35)(H,32,33)/t21-/m0/s1. The van der Waals surface area contributed by atoms with Gasteiger partial charge in [-0.1, -0.05) is 26.3 Å². The average molecular weight is 503 g/mol. The van der Waals surface area contributed by atoms with E-state index in [1.165, 1.54) is 6.42 Å². The van der Waals surface area contributed by atoms with Gasteiger partial charge in [0.05, 0.1) is 13.2 Å². The second kappa shape index (κ2) is 13.6. The monoisotopic (exact) mass is 502 g/mol. The summed E-state index contributed by atoms with van der Waals surface area (Å²) in [7, 11) is 0. The van der Waals surface area contributed by atoms with E-state index in [4.69, 9.17) is 4.74 Å². The van der Waals surface area contributed by atoms with Crippen molar-refractivity contribution in [3.05, 3.63) is 24.3 Å². The van der Waals surface area contributed by atoms with Gasteiger partial charge in [-0.15, -0.1) is 0 Å². The van der Waals surface area contributed by atoms with E-state index in [-0.39, 0.29) is 25.1 Å². The zero-order valence-electron chi connectivity index (χ0n) is 21.2. The van der Waals surface area contributed by atoms with Crippen molar-refractivity contribution in [3.63, 3.8) is 0 Å². The molecule has 3 rings (SSSR count). The lowest BCUT2D eigenvalue weighted by Crippen LogP contribution is -2.55. The van der Waals surface area contributed by atoms with Crippen molar-refractivity contribution in [3.8, 4) is 0 Å². The van der Waals surface area contributed by atoms with Gasteiger partial charge in [0.2, 0.25) is 0 Å². The molecule has 0 unspecified atom stereocenters. The number of amidine groups is 1. The Labute approximate surface area is 212 Å². The van der Waals surface area contributed by atoms with Crippen molar-refractivity contribution >= 4 is 35.3 Å². The van der Waals surface area contributed by atoms with Gasteiger partial charge in [-0.25, -0.2) is 14.4 Å². The second-order valence-corrected chi connectivity index (χ2v) is 9.50. The van der Waals surface area contributed by atoms with Crippen molar-refractivity contribution in [2.45, 2.75) is 45.6 Å². The van der Waals surface area contributed by atoms with Gasteiger partial charge in [0.25, 0.3) is 0 Å².